The third-order valence-electron chi connectivity index (χ3n) is 3.48. The fraction of sp³-hybridized carbons (Fsp3) is 0.158. The Hall–Kier alpha value is -2.05. The van der Waals surface area contributed by atoms with E-state index in [2.05, 4.69) is 32.0 Å². The molecule has 25 heavy (non-hydrogen) atoms. The first-order valence-electron chi connectivity index (χ1n) is 7.85. The Balaban J connectivity index is 1.58. The van der Waals surface area contributed by atoms with Gasteiger partial charge in [0.15, 0.2) is 5.75 Å². The van der Waals surface area contributed by atoms with Crippen LogP contribution in [0.5, 0.6) is 11.5 Å². The summed E-state index contributed by atoms with van der Waals surface area (Å²) in [7, 11) is 0. The SMILES string of the molecule is Oc1cnccc1CCCOc1cccnc1Sc1cccc(Br)c1. The van der Waals surface area contributed by atoms with Gasteiger partial charge in [-0.1, -0.05) is 33.8 Å². The van der Waals surface area contributed by atoms with Gasteiger partial charge < -0.3 is 9.84 Å². The van der Waals surface area contributed by atoms with Crippen molar-refractivity contribution in [2.24, 2.45) is 0 Å². The monoisotopic (exact) mass is 416 g/mol. The molecule has 0 fully saturated rings. The maximum atomic E-state index is 9.74. The van der Waals surface area contributed by atoms with Crippen molar-refractivity contribution in [1.29, 1.82) is 0 Å². The molecule has 0 radical (unpaired) electrons. The van der Waals surface area contributed by atoms with Crippen molar-refractivity contribution in [2.45, 2.75) is 22.8 Å². The van der Waals surface area contributed by atoms with Crippen LogP contribution in [0.3, 0.4) is 0 Å². The highest BCUT2D eigenvalue weighted by molar-refractivity contribution is 9.10. The minimum Gasteiger partial charge on any atom is -0.506 e. The fourth-order valence-corrected chi connectivity index (χ4v) is 3.72. The minimum absolute atomic E-state index is 0.231. The first-order valence-corrected chi connectivity index (χ1v) is 9.46. The molecule has 0 atom stereocenters. The van der Waals surface area contributed by atoms with E-state index in [1.54, 1.807) is 24.2 Å². The van der Waals surface area contributed by atoms with Crippen LogP contribution in [0.15, 0.2) is 75.4 Å². The largest absolute Gasteiger partial charge is 0.506 e. The lowest BCUT2D eigenvalue weighted by Gasteiger charge is -2.10. The third kappa shape index (κ3) is 5.21. The zero-order valence-corrected chi connectivity index (χ0v) is 15.8. The quantitative estimate of drug-likeness (QED) is 0.542. The Kier molecular flexibility index (Phi) is 6.30. The van der Waals surface area contributed by atoms with E-state index in [9.17, 15) is 5.11 Å². The summed E-state index contributed by atoms with van der Waals surface area (Å²) in [6, 6.07) is 13.7. The van der Waals surface area contributed by atoms with Gasteiger partial charge >= 0.3 is 0 Å². The van der Waals surface area contributed by atoms with Crippen LogP contribution in [0.2, 0.25) is 0 Å². The molecule has 1 aromatic carbocycles. The van der Waals surface area contributed by atoms with Gasteiger partial charge in [-0.2, -0.15) is 0 Å². The van der Waals surface area contributed by atoms with E-state index in [0.717, 1.165) is 38.5 Å². The average Bonchev–Trinajstić information content (AvgIpc) is 2.61. The van der Waals surface area contributed by atoms with Crippen molar-refractivity contribution < 1.29 is 9.84 Å². The molecule has 3 aromatic rings. The molecule has 3 rings (SSSR count). The fourth-order valence-electron chi connectivity index (χ4n) is 2.28. The van der Waals surface area contributed by atoms with Gasteiger partial charge in [-0.05, 0) is 54.8 Å². The molecule has 1 N–H and O–H groups in total. The van der Waals surface area contributed by atoms with E-state index < -0.39 is 0 Å². The topological polar surface area (TPSA) is 55.2 Å². The third-order valence-corrected chi connectivity index (χ3v) is 4.97. The second-order valence-corrected chi connectivity index (χ2v) is 7.30. The molecular formula is C19H17BrN2O2S. The molecule has 0 amide bonds. The lowest BCUT2D eigenvalue weighted by Crippen LogP contribution is -2.01. The van der Waals surface area contributed by atoms with Gasteiger partial charge in [0.1, 0.15) is 10.8 Å². The molecule has 0 bridgehead atoms. The van der Waals surface area contributed by atoms with Crippen LogP contribution < -0.4 is 4.74 Å². The zero-order valence-electron chi connectivity index (χ0n) is 13.4. The molecule has 0 aliphatic heterocycles. The normalized spacial score (nSPS) is 10.6. The molecule has 6 heteroatoms. The van der Waals surface area contributed by atoms with Crippen molar-refractivity contribution in [3.63, 3.8) is 0 Å². The van der Waals surface area contributed by atoms with E-state index >= 15 is 0 Å². The Morgan fingerprint density at radius 1 is 1.12 bits per heavy atom. The number of hydrogen-bond donors (Lipinski definition) is 1. The first-order chi connectivity index (χ1) is 12.2. The van der Waals surface area contributed by atoms with E-state index in [4.69, 9.17) is 4.74 Å². The van der Waals surface area contributed by atoms with Gasteiger partial charge in [0.25, 0.3) is 0 Å². The lowest BCUT2D eigenvalue weighted by molar-refractivity contribution is 0.301. The van der Waals surface area contributed by atoms with Gasteiger partial charge in [-0.3, -0.25) is 4.98 Å². The highest BCUT2D eigenvalue weighted by Crippen LogP contribution is 2.34. The summed E-state index contributed by atoms with van der Waals surface area (Å²) in [6.07, 6.45) is 6.45. The van der Waals surface area contributed by atoms with E-state index in [-0.39, 0.29) is 5.75 Å². The van der Waals surface area contributed by atoms with E-state index in [1.807, 2.05) is 36.4 Å². The summed E-state index contributed by atoms with van der Waals surface area (Å²) >= 11 is 5.05. The summed E-state index contributed by atoms with van der Waals surface area (Å²) in [6.45, 7) is 0.555. The zero-order chi connectivity index (χ0) is 17.5. The Morgan fingerprint density at radius 3 is 2.88 bits per heavy atom. The number of hydrogen-bond acceptors (Lipinski definition) is 5. The van der Waals surface area contributed by atoms with Crippen LogP contribution in [0.1, 0.15) is 12.0 Å². The number of aromatic hydroxyl groups is 1. The highest BCUT2D eigenvalue weighted by Gasteiger charge is 2.08. The molecule has 4 nitrogen and oxygen atoms in total. The number of ether oxygens (including phenoxy) is 1. The summed E-state index contributed by atoms with van der Waals surface area (Å²) in [5.74, 6) is 1.00. The summed E-state index contributed by atoms with van der Waals surface area (Å²) in [5, 5.41) is 10.6. The Labute approximate surface area is 159 Å². The van der Waals surface area contributed by atoms with Gasteiger partial charge in [0.2, 0.25) is 0 Å². The van der Waals surface area contributed by atoms with Crippen LogP contribution in [-0.2, 0) is 6.42 Å². The number of pyridine rings is 2. The number of aryl methyl sites for hydroxylation is 1. The Morgan fingerprint density at radius 2 is 2.04 bits per heavy atom. The summed E-state index contributed by atoms with van der Waals surface area (Å²) in [4.78, 5) is 9.41. The second-order valence-electron chi connectivity index (χ2n) is 5.32. The van der Waals surface area contributed by atoms with Crippen LogP contribution in [0, 0.1) is 0 Å². The standard InChI is InChI=1S/C19H17BrN2O2S/c20-15-5-1-6-16(12-15)25-19-18(7-2-9-22-19)24-11-3-4-14-8-10-21-13-17(14)23/h1-2,5-10,12-13,23H,3-4,11H2. The predicted octanol–water partition coefficient (Wildman–Crippen LogP) is 5.11. The van der Waals surface area contributed by atoms with Crippen LogP contribution in [0.4, 0.5) is 0 Å². The molecule has 0 saturated carbocycles. The molecule has 0 aliphatic carbocycles. The predicted molar refractivity (Wildman–Crippen MR) is 102 cm³/mol. The van der Waals surface area contributed by atoms with E-state index in [0.29, 0.717) is 6.61 Å². The summed E-state index contributed by atoms with van der Waals surface area (Å²) < 4.78 is 6.94. The molecule has 2 heterocycles. The highest BCUT2D eigenvalue weighted by atomic mass is 79.9. The van der Waals surface area contributed by atoms with Crippen molar-refractivity contribution >= 4 is 27.7 Å². The van der Waals surface area contributed by atoms with Crippen molar-refractivity contribution in [3.8, 4) is 11.5 Å². The molecule has 0 aliphatic rings. The number of halogens is 1. The van der Waals surface area contributed by atoms with E-state index in [1.165, 1.54) is 6.20 Å². The number of nitrogens with zero attached hydrogens (tertiary/aromatic N) is 2. The van der Waals surface area contributed by atoms with Gasteiger partial charge in [0, 0.05) is 21.8 Å². The van der Waals surface area contributed by atoms with Crippen LogP contribution in [-0.4, -0.2) is 21.7 Å². The maximum absolute atomic E-state index is 9.74. The molecular weight excluding hydrogens is 400 g/mol. The average molecular weight is 417 g/mol. The number of aromatic nitrogens is 2. The van der Waals surface area contributed by atoms with Gasteiger partial charge in [-0.15, -0.1) is 0 Å². The van der Waals surface area contributed by atoms with Gasteiger partial charge in [0.05, 0.1) is 12.8 Å². The second kappa shape index (κ2) is 8.87. The maximum Gasteiger partial charge on any atom is 0.151 e. The smallest absolute Gasteiger partial charge is 0.151 e. The van der Waals surface area contributed by atoms with Crippen molar-refractivity contribution in [1.82, 2.24) is 9.97 Å². The number of rotatable bonds is 7. The van der Waals surface area contributed by atoms with Crippen molar-refractivity contribution in [2.75, 3.05) is 6.61 Å². The lowest BCUT2D eigenvalue weighted by atomic mass is 10.1. The molecule has 0 saturated heterocycles. The molecule has 0 unspecified atom stereocenters. The van der Waals surface area contributed by atoms with Crippen LogP contribution in [0.25, 0.3) is 0 Å². The number of benzene rings is 1. The van der Waals surface area contributed by atoms with Gasteiger partial charge in [-0.25, -0.2) is 4.98 Å². The molecule has 128 valence electrons. The Bertz CT molecular complexity index is 845. The minimum atomic E-state index is 0.231. The summed E-state index contributed by atoms with van der Waals surface area (Å²) in [5.41, 5.74) is 0.883. The first kappa shape index (κ1) is 17.8. The van der Waals surface area contributed by atoms with Crippen LogP contribution >= 0.6 is 27.7 Å². The van der Waals surface area contributed by atoms with Crippen molar-refractivity contribution in [3.05, 3.63) is 71.1 Å². The molecule has 0 spiro atoms. The molecule has 2 aromatic heterocycles.